The van der Waals surface area contributed by atoms with Gasteiger partial charge in [-0.3, -0.25) is 14.4 Å². The molecule has 1 saturated heterocycles. The number of Topliss-reactive ketones (excluding diaryl/α,β-unsaturated/α-hetero) is 1. The summed E-state index contributed by atoms with van der Waals surface area (Å²) in [7, 11) is 0. The van der Waals surface area contributed by atoms with Gasteiger partial charge in [-0.2, -0.15) is 0 Å². The van der Waals surface area contributed by atoms with Crippen molar-refractivity contribution < 1.29 is 23.5 Å². The maximum absolute atomic E-state index is 12.6. The van der Waals surface area contributed by atoms with Crippen molar-refractivity contribution in [2.24, 2.45) is 0 Å². The summed E-state index contributed by atoms with van der Waals surface area (Å²) in [4.78, 5) is 40.1. The summed E-state index contributed by atoms with van der Waals surface area (Å²) in [5.41, 5.74) is 1.21. The lowest BCUT2D eigenvalue weighted by Crippen LogP contribution is -2.51. The van der Waals surface area contributed by atoms with Crippen LogP contribution < -0.4 is 4.74 Å². The van der Waals surface area contributed by atoms with Gasteiger partial charge in [0.05, 0.1) is 5.56 Å². The fourth-order valence-corrected chi connectivity index (χ4v) is 3.35. The van der Waals surface area contributed by atoms with Crippen molar-refractivity contribution in [3.8, 4) is 5.75 Å². The molecule has 3 rings (SSSR count). The quantitative estimate of drug-likeness (QED) is 0.699. The number of piperazine rings is 1. The summed E-state index contributed by atoms with van der Waals surface area (Å²) in [5, 5.41) is 0. The average Bonchev–Trinajstić information content (AvgIpc) is 3.09. The number of carbonyl (C=O) groups is 3. The maximum atomic E-state index is 12.6. The highest BCUT2D eigenvalue weighted by Crippen LogP contribution is 2.18. The first-order valence-corrected chi connectivity index (χ1v) is 9.79. The van der Waals surface area contributed by atoms with E-state index < -0.39 is 0 Å². The third kappa shape index (κ3) is 4.85. The highest BCUT2D eigenvalue weighted by Gasteiger charge is 2.26. The Labute approximate surface area is 170 Å². The Balaban J connectivity index is 1.48. The number of carbonyl (C=O) groups excluding carboxylic acids is 3. The van der Waals surface area contributed by atoms with Crippen molar-refractivity contribution in [1.82, 2.24) is 9.80 Å². The lowest BCUT2D eigenvalue weighted by atomic mass is 10.1. The number of nitrogens with zero attached hydrogens (tertiary/aromatic N) is 2. The molecule has 0 spiro atoms. The van der Waals surface area contributed by atoms with Crippen LogP contribution in [0, 0.1) is 13.8 Å². The molecule has 0 unspecified atom stereocenters. The normalized spacial score (nSPS) is 14.0. The molecule has 2 heterocycles. The molecule has 1 aromatic carbocycles. The number of furan rings is 1. The molecule has 0 aliphatic carbocycles. The van der Waals surface area contributed by atoms with Crippen molar-refractivity contribution in [1.29, 1.82) is 0 Å². The number of amides is 2. The van der Waals surface area contributed by atoms with E-state index in [0.717, 1.165) is 0 Å². The number of benzene rings is 1. The molecule has 2 amide bonds. The average molecular weight is 398 g/mol. The summed E-state index contributed by atoms with van der Waals surface area (Å²) in [5.74, 6) is 1.76. The predicted octanol–water partition coefficient (Wildman–Crippen LogP) is 2.85. The SMILES string of the molecule is CCC(=O)c1ccc(OCC(=O)N2CCN(C(=O)c3cc(C)oc3C)CC2)cc1. The van der Waals surface area contributed by atoms with Gasteiger partial charge in [-0.05, 0) is 44.2 Å². The van der Waals surface area contributed by atoms with Gasteiger partial charge in [0.2, 0.25) is 0 Å². The first-order chi connectivity index (χ1) is 13.9. The van der Waals surface area contributed by atoms with Crippen molar-refractivity contribution in [2.75, 3.05) is 32.8 Å². The smallest absolute Gasteiger partial charge is 0.260 e. The second-order valence-electron chi connectivity index (χ2n) is 7.09. The van der Waals surface area contributed by atoms with Crippen LogP contribution in [0.5, 0.6) is 5.75 Å². The van der Waals surface area contributed by atoms with E-state index in [-0.39, 0.29) is 24.2 Å². The highest BCUT2D eigenvalue weighted by atomic mass is 16.5. The minimum atomic E-state index is -0.124. The van der Waals surface area contributed by atoms with E-state index in [0.29, 0.717) is 61.0 Å². The van der Waals surface area contributed by atoms with Gasteiger partial charge in [0.1, 0.15) is 17.3 Å². The third-order valence-corrected chi connectivity index (χ3v) is 5.05. The zero-order valence-corrected chi connectivity index (χ0v) is 17.1. The molecule has 1 fully saturated rings. The van der Waals surface area contributed by atoms with Gasteiger partial charge in [0, 0.05) is 38.2 Å². The molecule has 0 bridgehead atoms. The Morgan fingerprint density at radius 1 is 1.00 bits per heavy atom. The van der Waals surface area contributed by atoms with Crippen molar-refractivity contribution in [3.05, 3.63) is 53.0 Å². The summed E-state index contributed by atoms with van der Waals surface area (Å²) in [6.45, 7) is 7.22. The van der Waals surface area contributed by atoms with Crippen LogP contribution in [-0.4, -0.2) is 60.2 Å². The van der Waals surface area contributed by atoms with E-state index in [9.17, 15) is 14.4 Å². The van der Waals surface area contributed by atoms with E-state index in [1.165, 1.54) is 0 Å². The van der Waals surface area contributed by atoms with Crippen LogP contribution in [0.1, 0.15) is 45.6 Å². The largest absolute Gasteiger partial charge is 0.484 e. The molecule has 1 aliphatic rings. The number of ether oxygens (including phenoxy) is 1. The number of aryl methyl sites for hydroxylation is 2. The molecule has 0 N–H and O–H groups in total. The van der Waals surface area contributed by atoms with Crippen molar-refractivity contribution >= 4 is 17.6 Å². The Hall–Kier alpha value is -3.09. The Morgan fingerprint density at radius 2 is 1.62 bits per heavy atom. The van der Waals surface area contributed by atoms with Gasteiger partial charge < -0.3 is 19.0 Å². The number of ketones is 1. The standard InChI is InChI=1S/C22H26N2O5/c1-4-20(25)17-5-7-18(8-6-17)28-14-21(26)23-9-11-24(12-10-23)22(27)19-13-15(2)29-16(19)3/h5-8,13H,4,9-12,14H2,1-3H3. The van der Waals surface area contributed by atoms with Gasteiger partial charge >= 0.3 is 0 Å². The molecule has 0 radical (unpaired) electrons. The number of hydrogen-bond acceptors (Lipinski definition) is 5. The van der Waals surface area contributed by atoms with Crippen molar-refractivity contribution in [3.63, 3.8) is 0 Å². The number of hydrogen-bond donors (Lipinski definition) is 0. The molecule has 1 aliphatic heterocycles. The predicted molar refractivity (Wildman–Crippen MR) is 107 cm³/mol. The summed E-state index contributed by atoms with van der Waals surface area (Å²) in [6, 6.07) is 8.55. The molecule has 0 atom stereocenters. The monoisotopic (exact) mass is 398 g/mol. The van der Waals surface area contributed by atoms with Crippen LogP contribution in [-0.2, 0) is 4.79 Å². The zero-order valence-electron chi connectivity index (χ0n) is 17.1. The van der Waals surface area contributed by atoms with Crippen LogP contribution in [0.2, 0.25) is 0 Å². The molecular formula is C22H26N2O5. The minimum absolute atomic E-state index is 0.0654. The van der Waals surface area contributed by atoms with E-state index in [1.807, 2.05) is 13.8 Å². The second kappa shape index (κ2) is 8.94. The van der Waals surface area contributed by atoms with E-state index in [2.05, 4.69) is 0 Å². The minimum Gasteiger partial charge on any atom is -0.484 e. The van der Waals surface area contributed by atoms with E-state index in [4.69, 9.17) is 9.15 Å². The lowest BCUT2D eigenvalue weighted by Gasteiger charge is -2.34. The zero-order chi connectivity index (χ0) is 21.0. The molecule has 154 valence electrons. The van der Waals surface area contributed by atoms with Crippen LogP contribution in [0.3, 0.4) is 0 Å². The molecule has 29 heavy (non-hydrogen) atoms. The molecule has 7 heteroatoms. The fraction of sp³-hybridized carbons (Fsp3) is 0.409. The van der Waals surface area contributed by atoms with E-state index >= 15 is 0 Å². The summed E-state index contributed by atoms with van der Waals surface area (Å²) < 4.78 is 11.0. The second-order valence-corrected chi connectivity index (χ2v) is 7.09. The summed E-state index contributed by atoms with van der Waals surface area (Å²) >= 11 is 0. The third-order valence-electron chi connectivity index (χ3n) is 5.05. The van der Waals surface area contributed by atoms with Gasteiger partial charge in [-0.25, -0.2) is 0 Å². The fourth-order valence-electron chi connectivity index (χ4n) is 3.35. The summed E-state index contributed by atoms with van der Waals surface area (Å²) in [6.07, 6.45) is 0.451. The Bertz CT molecular complexity index is 892. The van der Waals surface area contributed by atoms with Crippen molar-refractivity contribution in [2.45, 2.75) is 27.2 Å². The lowest BCUT2D eigenvalue weighted by molar-refractivity contribution is -0.134. The molecule has 1 aromatic heterocycles. The molecule has 7 nitrogen and oxygen atoms in total. The topological polar surface area (TPSA) is 80.1 Å². The first-order valence-electron chi connectivity index (χ1n) is 9.79. The van der Waals surface area contributed by atoms with Crippen LogP contribution in [0.4, 0.5) is 0 Å². The molecular weight excluding hydrogens is 372 g/mol. The maximum Gasteiger partial charge on any atom is 0.260 e. The van der Waals surface area contributed by atoms with Crippen LogP contribution >= 0.6 is 0 Å². The Kier molecular flexibility index (Phi) is 6.36. The van der Waals surface area contributed by atoms with Gasteiger partial charge in [-0.1, -0.05) is 6.92 Å². The first kappa shape index (κ1) is 20.6. The Morgan fingerprint density at radius 3 is 2.17 bits per heavy atom. The van der Waals surface area contributed by atoms with Crippen LogP contribution in [0.15, 0.2) is 34.7 Å². The van der Waals surface area contributed by atoms with Crippen LogP contribution in [0.25, 0.3) is 0 Å². The number of rotatable bonds is 6. The van der Waals surface area contributed by atoms with Gasteiger partial charge in [-0.15, -0.1) is 0 Å². The van der Waals surface area contributed by atoms with Gasteiger partial charge in [0.25, 0.3) is 11.8 Å². The highest BCUT2D eigenvalue weighted by molar-refractivity contribution is 5.96. The van der Waals surface area contributed by atoms with Gasteiger partial charge in [0.15, 0.2) is 12.4 Å². The molecule has 2 aromatic rings. The van der Waals surface area contributed by atoms with E-state index in [1.54, 1.807) is 47.1 Å². The molecule has 0 saturated carbocycles.